The number of aromatic nitrogens is 4. The Balaban J connectivity index is 1.56. The number of pyridine rings is 1. The molecule has 2 amide bonds. The fourth-order valence-corrected chi connectivity index (χ4v) is 3.99. The quantitative estimate of drug-likeness (QED) is 0.638. The van der Waals surface area contributed by atoms with Crippen molar-refractivity contribution in [2.24, 2.45) is 5.73 Å². The smallest absolute Gasteiger partial charge is 0.276 e. The lowest BCUT2D eigenvalue weighted by Gasteiger charge is -2.20. The van der Waals surface area contributed by atoms with Gasteiger partial charge >= 0.3 is 0 Å². The summed E-state index contributed by atoms with van der Waals surface area (Å²) >= 11 is 0. The SMILES string of the molecule is CCn1nc(C)c(-c2cc(C(=O)N3C[C@@H](Oc4cccnc4)C[C@H]3C(N)=O)no2)c1C. The Morgan fingerprint density at radius 3 is 2.81 bits per heavy atom. The Labute approximate surface area is 179 Å². The number of ether oxygens (including phenoxy) is 1. The normalized spacial score (nSPS) is 18.4. The van der Waals surface area contributed by atoms with E-state index < -0.39 is 17.9 Å². The average Bonchev–Trinajstić information content (AvgIpc) is 3.46. The zero-order valence-electron chi connectivity index (χ0n) is 17.6. The number of hydrogen-bond acceptors (Lipinski definition) is 7. The van der Waals surface area contributed by atoms with Crippen LogP contribution in [0, 0.1) is 13.8 Å². The minimum Gasteiger partial charge on any atom is -0.487 e. The molecule has 2 N–H and O–H groups in total. The van der Waals surface area contributed by atoms with E-state index in [1.165, 1.54) is 4.90 Å². The van der Waals surface area contributed by atoms with Crippen LogP contribution in [0.3, 0.4) is 0 Å². The van der Waals surface area contributed by atoms with Gasteiger partial charge in [0, 0.05) is 30.9 Å². The average molecular weight is 424 g/mol. The van der Waals surface area contributed by atoms with E-state index in [1.807, 2.05) is 25.5 Å². The number of nitrogens with zero attached hydrogens (tertiary/aromatic N) is 5. The molecule has 2 atom stereocenters. The molecule has 162 valence electrons. The number of hydrogen-bond donors (Lipinski definition) is 1. The van der Waals surface area contributed by atoms with Gasteiger partial charge in [-0.1, -0.05) is 5.16 Å². The third kappa shape index (κ3) is 3.88. The van der Waals surface area contributed by atoms with Gasteiger partial charge in [0.25, 0.3) is 5.91 Å². The third-order valence-corrected chi connectivity index (χ3v) is 5.45. The van der Waals surface area contributed by atoms with Crippen LogP contribution in [-0.4, -0.2) is 55.3 Å². The van der Waals surface area contributed by atoms with Crippen LogP contribution in [0.1, 0.15) is 35.2 Å². The molecule has 31 heavy (non-hydrogen) atoms. The van der Waals surface area contributed by atoms with Crippen molar-refractivity contribution in [3.8, 4) is 17.1 Å². The largest absolute Gasteiger partial charge is 0.487 e. The van der Waals surface area contributed by atoms with Gasteiger partial charge < -0.3 is 19.9 Å². The van der Waals surface area contributed by atoms with Crippen molar-refractivity contribution in [2.75, 3.05) is 6.54 Å². The molecule has 1 fully saturated rings. The molecule has 4 rings (SSSR count). The number of primary amides is 1. The van der Waals surface area contributed by atoms with E-state index in [-0.39, 0.29) is 18.3 Å². The number of carbonyl (C=O) groups excluding carboxylic acids is 2. The zero-order chi connectivity index (χ0) is 22.1. The first-order valence-corrected chi connectivity index (χ1v) is 10.1. The van der Waals surface area contributed by atoms with E-state index in [1.54, 1.807) is 30.6 Å². The first kappa shape index (κ1) is 20.6. The van der Waals surface area contributed by atoms with E-state index >= 15 is 0 Å². The molecule has 10 heteroatoms. The highest BCUT2D eigenvalue weighted by Crippen LogP contribution is 2.29. The van der Waals surface area contributed by atoms with Gasteiger partial charge in [-0.05, 0) is 32.9 Å². The van der Waals surface area contributed by atoms with Gasteiger partial charge in [0.2, 0.25) is 5.91 Å². The van der Waals surface area contributed by atoms with Crippen LogP contribution in [0.25, 0.3) is 11.3 Å². The molecule has 0 saturated carbocycles. The molecule has 10 nitrogen and oxygen atoms in total. The van der Waals surface area contributed by atoms with Crippen molar-refractivity contribution in [3.05, 3.63) is 47.7 Å². The van der Waals surface area contributed by atoms with Crippen molar-refractivity contribution < 1.29 is 18.8 Å². The van der Waals surface area contributed by atoms with Gasteiger partial charge in [-0.2, -0.15) is 5.10 Å². The number of rotatable bonds is 6. The van der Waals surface area contributed by atoms with Crippen molar-refractivity contribution in [1.82, 2.24) is 24.8 Å². The first-order chi connectivity index (χ1) is 14.9. The summed E-state index contributed by atoms with van der Waals surface area (Å²) in [6, 6.07) is 4.30. The van der Waals surface area contributed by atoms with Crippen LogP contribution in [0.2, 0.25) is 0 Å². The van der Waals surface area contributed by atoms with Crippen LogP contribution < -0.4 is 10.5 Å². The topological polar surface area (TPSA) is 129 Å². The Hall–Kier alpha value is -3.69. The fourth-order valence-electron chi connectivity index (χ4n) is 3.99. The summed E-state index contributed by atoms with van der Waals surface area (Å²) in [7, 11) is 0. The van der Waals surface area contributed by atoms with Crippen LogP contribution in [0.5, 0.6) is 5.75 Å². The summed E-state index contributed by atoms with van der Waals surface area (Å²) in [6.45, 7) is 6.74. The Morgan fingerprint density at radius 1 is 1.35 bits per heavy atom. The molecule has 0 aliphatic carbocycles. The predicted molar refractivity (Wildman–Crippen MR) is 110 cm³/mol. The van der Waals surface area contributed by atoms with Crippen LogP contribution in [0.15, 0.2) is 35.1 Å². The molecule has 3 aromatic heterocycles. The lowest BCUT2D eigenvalue weighted by Crippen LogP contribution is -2.43. The van der Waals surface area contributed by atoms with E-state index in [0.717, 1.165) is 23.5 Å². The molecule has 3 aromatic rings. The maximum absolute atomic E-state index is 13.1. The van der Waals surface area contributed by atoms with Gasteiger partial charge in [-0.25, -0.2) is 0 Å². The minimum absolute atomic E-state index is 0.103. The summed E-state index contributed by atoms with van der Waals surface area (Å²) in [5.74, 6) is -0.0109. The highest BCUT2D eigenvalue weighted by atomic mass is 16.5. The highest BCUT2D eigenvalue weighted by Gasteiger charge is 2.41. The van der Waals surface area contributed by atoms with Crippen molar-refractivity contribution >= 4 is 11.8 Å². The second kappa shape index (κ2) is 8.21. The molecule has 0 unspecified atom stereocenters. The van der Waals surface area contributed by atoms with E-state index in [2.05, 4.69) is 15.2 Å². The molecular weight excluding hydrogens is 400 g/mol. The standard InChI is InChI=1S/C21H24N6O4/c1-4-27-13(3)19(12(2)24-27)18-9-16(25-31-18)21(29)26-11-15(8-17(26)20(22)28)30-14-6-5-7-23-10-14/h5-7,9-10,15,17H,4,8,11H2,1-3H3,(H2,22,28)/t15-,17-/m0/s1. The summed E-state index contributed by atoms with van der Waals surface area (Å²) in [5.41, 5.74) is 8.18. The lowest BCUT2D eigenvalue weighted by molar-refractivity contribution is -0.121. The predicted octanol–water partition coefficient (Wildman–Crippen LogP) is 1.72. The monoisotopic (exact) mass is 424 g/mol. The molecule has 1 saturated heterocycles. The van der Waals surface area contributed by atoms with Crippen molar-refractivity contribution in [3.63, 3.8) is 0 Å². The summed E-state index contributed by atoms with van der Waals surface area (Å²) < 4.78 is 13.2. The van der Waals surface area contributed by atoms with Gasteiger partial charge in [0.05, 0.1) is 24.0 Å². The molecular formula is C21H24N6O4. The van der Waals surface area contributed by atoms with E-state index in [9.17, 15) is 9.59 Å². The van der Waals surface area contributed by atoms with Crippen molar-refractivity contribution in [1.29, 1.82) is 0 Å². The van der Waals surface area contributed by atoms with E-state index in [0.29, 0.717) is 17.9 Å². The van der Waals surface area contributed by atoms with Crippen LogP contribution >= 0.6 is 0 Å². The lowest BCUT2D eigenvalue weighted by atomic mass is 10.1. The summed E-state index contributed by atoms with van der Waals surface area (Å²) in [5, 5.41) is 8.42. The molecule has 1 aliphatic rings. The minimum atomic E-state index is -0.791. The third-order valence-electron chi connectivity index (χ3n) is 5.45. The Morgan fingerprint density at radius 2 is 2.16 bits per heavy atom. The number of likely N-dealkylation sites (tertiary alicyclic amines) is 1. The molecule has 0 bridgehead atoms. The maximum Gasteiger partial charge on any atom is 0.276 e. The first-order valence-electron chi connectivity index (χ1n) is 10.1. The fraction of sp³-hybridized carbons (Fsp3) is 0.381. The summed E-state index contributed by atoms with van der Waals surface area (Å²) in [6.07, 6.45) is 3.13. The van der Waals surface area contributed by atoms with Gasteiger partial charge in [0.15, 0.2) is 11.5 Å². The Kier molecular flexibility index (Phi) is 5.45. The zero-order valence-corrected chi connectivity index (χ0v) is 17.6. The second-order valence-electron chi connectivity index (χ2n) is 7.48. The molecule has 0 spiro atoms. The maximum atomic E-state index is 13.1. The van der Waals surface area contributed by atoms with Gasteiger partial charge in [0.1, 0.15) is 17.9 Å². The molecule has 1 aliphatic heterocycles. The summed E-state index contributed by atoms with van der Waals surface area (Å²) in [4.78, 5) is 30.5. The number of amides is 2. The van der Waals surface area contributed by atoms with Crippen LogP contribution in [-0.2, 0) is 11.3 Å². The van der Waals surface area contributed by atoms with Crippen molar-refractivity contribution in [2.45, 2.75) is 45.9 Å². The second-order valence-corrected chi connectivity index (χ2v) is 7.48. The van der Waals surface area contributed by atoms with E-state index in [4.69, 9.17) is 15.0 Å². The molecule has 4 heterocycles. The Bertz CT molecular complexity index is 1110. The molecule has 0 radical (unpaired) electrons. The van der Waals surface area contributed by atoms with Gasteiger partial charge in [-0.15, -0.1) is 0 Å². The number of aryl methyl sites for hydroxylation is 2. The highest BCUT2D eigenvalue weighted by molar-refractivity contribution is 5.97. The number of carbonyl (C=O) groups is 2. The molecule has 0 aromatic carbocycles. The van der Waals surface area contributed by atoms with Gasteiger partial charge in [-0.3, -0.25) is 19.3 Å². The van der Waals surface area contributed by atoms with Crippen LogP contribution in [0.4, 0.5) is 0 Å². The number of nitrogens with two attached hydrogens (primary N) is 1.